The Kier molecular flexibility index (Phi) is 14.8. The predicted molar refractivity (Wildman–Crippen MR) is 179 cm³/mol. The highest BCUT2D eigenvalue weighted by molar-refractivity contribution is 7.89. The molecule has 0 aliphatic carbocycles. The second kappa shape index (κ2) is 18.0. The lowest BCUT2D eigenvalue weighted by Crippen LogP contribution is -2.51. The standard InChI is InChI=1S/C30H52N7O7PS/c1-4-43-45(40,44-5-2)19-14-27(38)33-16-11-23-12-17-37(18-13-23)29(39)25(9-7-15-34-30(31)32)36-46(41,42)26-10-6-8-24-20-22(3)21-35-28(24)26/h6,8,10,22-23,25,35-36H,4-5,7,9,11-21H2,1-3H3,(H,33,38)(H4,31,32,34)/t22?,25-/m0/s1. The number of sulfonamides is 1. The Balaban J connectivity index is 1.56. The van der Waals surface area contributed by atoms with Crippen molar-refractivity contribution in [2.45, 2.75) is 76.7 Å². The summed E-state index contributed by atoms with van der Waals surface area (Å²) in [6, 6.07) is 4.24. The first-order chi connectivity index (χ1) is 21.9. The number of likely N-dealkylation sites (tertiary alicyclic amines) is 1. The Morgan fingerprint density at radius 2 is 1.87 bits per heavy atom. The molecule has 7 N–H and O–H groups in total. The number of anilines is 1. The molecular weight excluding hydrogens is 633 g/mol. The van der Waals surface area contributed by atoms with E-state index in [1.54, 1.807) is 30.9 Å². The zero-order chi connectivity index (χ0) is 33.7. The lowest BCUT2D eigenvalue weighted by atomic mass is 9.93. The highest BCUT2D eigenvalue weighted by atomic mass is 32.2. The van der Waals surface area contributed by atoms with Gasteiger partial charge in [0.25, 0.3) is 0 Å². The van der Waals surface area contributed by atoms with Crippen LogP contribution in [0.3, 0.4) is 0 Å². The van der Waals surface area contributed by atoms with E-state index in [0.29, 0.717) is 50.1 Å². The molecule has 14 nitrogen and oxygen atoms in total. The molecule has 1 unspecified atom stereocenters. The molecule has 2 aliphatic rings. The molecule has 260 valence electrons. The molecule has 3 rings (SSSR count). The van der Waals surface area contributed by atoms with Gasteiger partial charge in [-0.25, -0.2) is 8.42 Å². The van der Waals surface area contributed by atoms with Gasteiger partial charge in [-0.1, -0.05) is 19.1 Å². The summed E-state index contributed by atoms with van der Waals surface area (Å²) in [4.78, 5) is 31.9. The van der Waals surface area contributed by atoms with Crippen LogP contribution < -0.4 is 26.8 Å². The maximum Gasteiger partial charge on any atom is 0.331 e. The van der Waals surface area contributed by atoms with Crippen LogP contribution in [-0.4, -0.2) is 89.2 Å². The van der Waals surface area contributed by atoms with Crippen LogP contribution in [0, 0.1) is 11.8 Å². The van der Waals surface area contributed by atoms with Crippen LogP contribution >= 0.6 is 7.60 Å². The lowest BCUT2D eigenvalue weighted by molar-refractivity contribution is -0.134. The third kappa shape index (κ3) is 11.5. The van der Waals surface area contributed by atoms with Crippen molar-refractivity contribution in [2.24, 2.45) is 28.3 Å². The lowest BCUT2D eigenvalue weighted by Gasteiger charge is -2.34. The summed E-state index contributed by atoms with van der Waals surface area (Å²) in [7, 11) is -7.30. The number of amides is 2. The highest BCUT2D eigenvalue weighted by Gasteiger charge is 2.33. The second-order valence-corrected chi connectivity index (χ2v) is 15.8. The number of rotatable bonds is 18. The number of piperidine rings is 1. The number of aliphatic imine (C=N–C) groups is 1. The van der Waals surface area contributed by atoms with Crippen LogP contribution in [0.4, 0.5) is 5.69 Å². The number of nitrogens with two attached hydrogens (primary N) is 2. The third-order valence-electron chi connectivity index (χ3n) is 8.20. The molecule has 0 saturated carbocycles. The molecule has 0 bridgehead atoms. The van der Waals surface area contributed by atoms with E-state index in [4.69, 9.17) is 20.5 Å². The number of guanidine groups is 1. The summed E-state index contributed by atoms with van der Waals surface area (Å²) >= 11 is 0. The zero-order valence-corrected chi connectivity index (χ0v) is 29.0. The molecule has 1 aromatic rings. The summed E-state index contributed by atoms with van der Waals surface area (Å²) in [5, 5.41) is 6.14. The molecule has 0 aromatic heterocycles. The molecule has 0 spiro atoms. The zero-order valence-electron chi connectivity index (χ0n) is 27.3. The minimum Gasteiger partial charge on any atom is -0.383 e. The number of carbonyl (C=O) groups excluding carboxylic acids is 2. The molecule has 16 heteroatoms. The number of fused-ring (bicyclic) bond motifs is 1. The fourth-order valence-electron chi connectivity index (χ4n) is 5.85. The largest absolute Gasteiger partial charge is 0.383 e. The van der Waals surface area contributed by atoms with E-state index in [9.17, 15) is 22.6 Å². The molecule has 2 amide bonds. The van der Waals surface area contributed by atoms with Crippen LogP contribution in [0.15, 0.2) is 28.1 Å². The molecule has 46 heavy (non-hydrogen) atoms. The van der Waals surface area contributed by atoms with Gasteiger partial charge in [-0.2, -0.15) is 4.72 Å². The Labute approximate surface area is 273 Å². The van der Waals surface area contributed by atoms with E-state index in [0.717, 1.165) is 31.2 Å². The van der Waals surface area contributed by atoms with E-state index in [-0.39, 0.29) is 61.4 Å². The fraction of sp³-hybridized carbons (Fsp3) is 0.700. The molecule has 2 aliphatic heterocycles. The van der Waals surface area contributed by atoms with Gasteiger partial charge in [0.15, 0.2) is 5.96 Å². The Morgan fingerprint density at radius 1 is 1.17 bits per heavy atom. The third-order valence-corrected chi connectivity index (χ3v) is 11.8. The van der Waals surface area contributed by atoms with Crippen molar-refractivity contribution in [1.82, 2.24) is 14.9 Å². The topological polar surface area (TPSA) is 208 Å². The van der Waals surface area contributed by atoms with E-state index in [2.05, 4.69) is 27.3 Å². The number of carbonyl (C=O) groups is 2. The SMILES string of the molecule is CCOP(=O)(CCC(=O)NCCC1CCN(C(=O)[C@H](CCCN=C(N)N)NS(=O)(=O)c2cccc3c2NCC(C)C3)CC1)OCC. The summed E-state index contributed by atoms with van der Waals surface area (Å²) < 4.78 is 53.1. The van der Waals surface area contributed by atoms with Crippen LogP contribution in [0.5, 0.6) is 0 Å². The first kappa shape index (κ1) is 37.7. The van der Waals surface area contributed by atoms with Gasteiger partial charge in [-0.05, 0) is 75.8 Å². The van der Waals surface area contributed by atoms with Crippen molar-refractivity contribution in [1.29, 1.82) is 0 Å². The quantitative estimate of drug-likeness (QED) is 0.0660. The van der Waals surface area contributed by atoms with Crippen LogP contribution in [-0.2, 0) is 39.6 Å². The Hall–Kier alpha value is -2.71. The second-order valence-electron chi connectivity index (χ2n) is 11.9. The van der Waals surface area contributed by atoms with Gasteiger partial charge < -0.3 is 36.0 Å². The van der Waals surface area contributed by atoms with Crippen molar-refractivity contribution >= 4 is 41.1 Å². The van der Waals surface area contributed by atoms with E-state index in [1.807, 2.05) is 6.07 Å². The van der Waals surface area contributed by atoms with Gasteiger partial charge in [0.05, 0.1) is 25.1 Å². The first-order valence-electron chi connectivity index (χ1n) is 16.2. The number of para-hydroxylation sites is 1. The summed E-state index contributed by atoms with van der Waals surface area (Å²) in [6.45, 7) is 8.43. The molecule has 2 heterocycles. The van der Waals surface area contributed by atoms with Gasteiger partial charge >= 0.3 is 7.60 Å². The summed E-state index contributed by atoms with van der Waals surface area (Å²) in [5.41, 5.74) is 12.4. The number of benzene rings is 1. The minimum atomic E-state index is -4.03. The Morgan fingerprint density at radius 3 is 2.52 bits per heavy atom. The normalized spacial score (nSPS) is 17.9. The summed E-state index contributed by atoms with van der Waals surface area (Å²) in [6.07, 6.45) is 3.70. The minimum absolute atomic E-state index is 0.0281. The predicted octanol–water partition coefficient (Wildman–Crippen LogP) is 2.39. The van der Waals surface area contributed by atoms with Gasteiger partial charge in [0, 0.05) is 39.1 Å². The van der Waals surface area contributed by atoms with Gasteiger partial charge in [0.1, 0.15) is 10.9 Å². The van der Waals surface area contributed by atoms with E-state index >= 15 is 0 Å². The average Bonchev–Trinajstić information content (AvgIpc) is 3.01. The average molecular weight is 686 g/mol. The van der Waals surface area contributed by atoms with Crippen molar-refractivity contribution in [2.75, 3.05) is 57.4 Å². The van der Waals surface area contributed by atoms with Crippen LogP contribution in [0.1, 0.15) is 64.9 Å². The monoisotopic (exact) mass is 685 g/mol. The van der Waals surface area contributed by atoms with Crippen LogP contribution in [0.25, 0.3) is 0 Å². The number of nitrogens with zero attached hydrogens (tertiary/aromatic N) is 2. The number of nitrogens with one attached hydrogen (secondary N) is 3. The molecule has 1 fully saturated rings. The van der Waals surface area contributed by atoms with Gasteiger partial charge in [-0.15, -0.1) is 0 Å². The smallest absolute Gasteiger partial charge is 0.331 e. The van der Waals surface area contributed by atoms with Gasteiger partial charge in [-0.3, -0.25) is 19.1 Å². The highest BCUT2D eigenvalue weighted by Crippen LogP contribution is 2.48. The van der Waals surface area contributed by atoms with Crippen molar-refractivity contribution in [3.8, 4) is 0 Å². The maximum absolute atomic E-state index is 13.7. The van der Waals surface area contributed by atoms with Crippen molar-refractivity contribution in [3.63, 3.8) is 0 Å². The molecule has 2 atom stereocenters. The van der Waals surface area contributed by atoms with Gasteiger partial charge in [0.2, 0.25) is 21.8 Å². The van der Waals surface area contributed by atoms with Crippen LogP contribution in [0.2, 0.25) is 0 Å². The summed E-state index contributed by atoms with van der Waals surface area (Å²) in [5.74, 6) is 0.124. The molecule has 1 saturated heterocycles. The Bertz CT molecular complexity index is 1340. The fourth-order valence-corrected chi connectivity index (χ4v) is 8.89. The molecular formula is C30H52N7O7PS. The van der Waals surface area contributed by atoms with E-state index in [1.165, 1.54) is 0 Å². The molecule has 1 aromatic carbocycles. The van der Waals surface area contributed by atoms with E-state index < -0.39 is 23.7 Å². The maximum atomic E-state index is 13.7. The number of hydrogen-bond donors (Lipinski definition) is 5. The van der Waals surface area contributed by atoms with Crippen molar-refractivity contribution in [3.05, 3.63) is 23.8 Å². The first-order valence-corrected chi connectivity index (χ1v) is 19.5. The van der Waals surface area contributed by atoms with Crippen molar-refractivity contribution < 1.29 is 31.6 Å². The number of hydrogen-bond acceptors (Lipinski definition) is 9. The molecule has 0 radical (unpaired) electrons.